The van der Waals surface area contributed by atoms with Crippen molar-refractivity contribution in [1.82, 2.24) is 4.57 Å². The number of hydrogen-bond acceptors (Lipinski definition) is 3. The highest BCUT2D eigenvalue weighted by molar-refractivity contribution is 6.30. The molecule has 1 aromatic heterocycles. The second kappa shape index (κ2) is 4.84. The van der Waals surface area contributed by atoms with Gasteiger partial charge in [-0.25, -0.2) is 0 Å². The fourth-order valence-electron chi connectivity index (χ4n) is 1.07. The maximum absolute atomic E-state index is 11.2. The number of hydrogen-bond donors (Lipinski definition) is 1. The van der Waals surface area contributed by atoms with Crippen LogP contribution in [0.25, 0.3) is 0 Å². The molecule has 0 aliphatic rings. The first-order valence-electron chi connectivity index (χ1n) is 4.29. The Kier molecular flexibility index (Phi) is 3.74. The van der Waals surface area contributed by atoms with Crippen molar-refractivity contribution in [3.05, 3.63) is 27.5 Å². The molecule has 0 spiro atoms. The van der Waals surface area contributed by atoms with Gasteiger partial charge in [-0.1, -0.05) is 11.6 Å². The van der Waals surface area contributed by atoms with E-state index in [1.807, 2.05) is 0 Å². The predicted molar refractivity (Wildman–Crippen MR) is 54.5 cm³/mol. The van der Waals surface area contributed by atoms with Crippen LogP contribution in [-0.4, -0.2) is 22.2 Å². The van der Waals surface area contributed by atoms with Crippen LogP contribution in [0.15, 0.2) is 17.1 Å². The Morgan fingerprint density at radius 2 is 2.33 bits per heavy atom. The van der Waals surface area contributed by atoms with Crippen molar-refractivity contribution in [3.8, 4) is 5.88 Å². The molecule has 15 heavy (non-hydrogen) atoms. The molecule has 0 saturated heterocycles. The summed E-state index contributed by atoms with van der Waals surface area (Å²) < 4.78 is 6.39. The molecule has 0 radical (unpaired) electrons. The quantitative estimate of drug-likeness (QED) is 0.839. The summed E-state index contributed by atoms with van der Waals surface area (Å²) in [6.07, 6.45) is 1.25. The van der Waals surface area contributed by atoms with Crippen LogP contribution in [0, 0.1) is 0 Å². The maximum Gasteiger partial charge on any atom is 0.323 e. The molecule has 0 unspecified atom stereocenters. The predicted octanol–water partition coefficient (Wildman–Crippen LogP) is 0.985. The van der Waals surface area contributed by atoms with Crippen LogP contribution in [0.5, 0.6) is 5.88 Å². The van der Waals surface area contributed by atoms with Gasteiger partial charge >= 0.3 is 5.97 Å². The van der Waals surface area contributed by atoms with E-state index in [2.05, 4.69) is 0 Å². The number of carboxylic acid groups (broad SMARTS) is 1. The molecule has 1 N–H and O–H groups in total. The van der Waals surface area contributed by atoms with E-state index in [9.17, 15) is 9.59 Å². The zero-order chi connectivity index (χ0) is 11.4. The molecule has 1 aromatic rings. The number of aliphatic carboxylic acids is 1. The summed E-state index contributed by atoms with van der Waals surface area (Å²) in [5.74, 6) is -0.829. The van der Waals surface area contributed by atoms with E-state index < -0.39 is 5.97 Å². The van der Waals surface area contributed by atoms with Crippen LogP contribution in [0.3, 0.4) is 0 Å². The van der Waals surface area contributed by atoms with Crippen LogP contribution >= 0.6 is 11.6 Å². The van der Waals surface area contributed by atoms with Gasteiger partial charge in [0.25, 0.3) is 0 Å². The van der Waals surface area contributed by atoms with Crippen LogP contribution in [0.2, 0.25) is 5.02 Å². The largest absolute Gasteiger partial charge is 0.480 e. The third-order valence-corrected chi connectivity index (χ3v) is 1.92. The van der Waals surface area contributed by atoms with Gasteiger partial charge in [0.2, 0.25) is 5.43 Å². The minimum Gasteiger partial charge on any atom is -0.480 e. The van der Waals surface area contributed by atoms with Gasteiger partial charge in [0.1, 0.15) is 11.6 Å². The van der Waals surface area contributed by atoms with Crippen LogP contribution in [0.1, 0.15) is 6.92 Å². The van der Waals surface area contributed by atoms with E-state index in [-0.39, 0.29) is 22.9 Å². The molecule has 0 bridgehead atoms. The molecule has 0 amide bonds. The summed E-state index contributed by atoms with van der Waals surface area (Å²) >= 11 is 5.59. The molecule has 1 rings (SSSR count). The fraction of sp³-hybridized carbons (Fsp3) is 0.333. The van der Waals surface area contributed by atoms with Gasteiger partial charge in [0.15, 0.2) is 5.88 Å². The van der Waals surface area contributed by atoms with Crippen molar-refractivity contribution >= 4 is 17.6 Å². The summed E-state index contributed by atoms with van der Waals surface area (Å²) in [4.78, 5) is 21.7. The van der Waals surface area contributed by atoms with Gasteiger partial charge in [-0.05, 0) is 6.92 Å². The maximum atomic E-state index is 11.2. The number of halogens is 1. The Labute approximate surface area is 90.9 Å². The number of rotatable bonds is 4. The molecular weight excluding hydrogens is 222 g/mol. The lowest BCUT2D eigenvalue weighted by molar-refractivity contribution is -0.137. The highest BCUT2D eigenvalue weighted by atomic mass is 35.5. The second-order valence-electron chi connectivity index (χ2n) is 2.78. The Morgan fingerprint density at radius 3 is 2.87 bits per heavy atom. The summed E-state index contributed by atoms with van der Waals surface area (Å²) in [5.41, 5.74) is -0.387. The number of pyridine rings is 1. The zero-order valence-corrected chi connectivity index (χ0v) is 8.82. The van der Waals surface area contributed by atoms with Gasteiger partial charge < -0.3 is 14.4 Å². The van der Waals surface area contributed by atoms with E-state index in [0.717, 1.165) is 0 Å². The Hall–Kier alpha value is -1.49. The highest BCUT2D eigenvalue weighted by Crippen LogP contribution is 2.12. The smallest absolute Gasteiger partial charge is 0.323 e. The third kappa shape index (κ3) is 2.99. The van der Waals surface area contributed by atoms with E-state index in [1.165, 1.54) is 16.8 Å². The van der Waals surface area contributed by atoms with Crippen molar-refractivity contribution in [2.45, 2.75) is 13.5 Å². The molecule has 0 aliphatic heterocycles. The normalized spacial score (nSPS) is 10.0. The fourth-order valence-corrected chi connectivity index (χ4v) is 1.24. The zero-order valence-electron chi connectivity index (χ0n) is 8.07. The number of carbonyl (C=O) groups is 1. The average Bonchev–Trinajstić information content (AvgIpc) is 2.13. The number of aromatic nitrogens is 1. The first-order valence-corrected chi connectivity index (χ1v) is 4.67. The molecule has 82 valence electrons. The number of nitrogens with zero attached hydrogens (tertiary/aromatic N) is 1. The molecule has 1 heterocycles. The van der Waals surface area contributed by atoms with Crippen molar-refractivity contribution in [3.63, 3.8) is 0 Å². The summed E-state index contributed by atoms with van der Waals surface area (Å²) in [6, 6.07) is 1.18. The summed E-state index contributed by atoms with van der Waals surface area (Å²) in [7, 11) is 0. The van der Waals surface area contributed by atoms with Crippen molar-refractivity contribution in [1.29, 1.82) is 0 Å². The molecule has 0 fully saturated rings. The van der Waals surface area contributed by atoms with Gasteiger partial charge in [0, 0.05) is 12.3 Å². The van der Waals surface area contributed by atoms with Crippen molar-refractivity contribution < 1.29 is 14.6 Å². The lowest BCUT2D eigenvalue weighted by Crippen LogP contribution is -2.16. The first kappa shape index (κ1) is 11.6. The third-order valence-electron chi connectivity index (χ3n) is 1.64. The average molecular weight is 232 g/mol. The van der Waals surface area contributed by atoms with Crippen LogP contribution in [-0.2, 0) is 11.3 Å². The topological polar surface area (TPSA) is 68.5 Å². The van der Waals surface area contributed by atoms with Crippen LogP contribution in [0.4, 0.5) is 0 Å². The molecule has 0 saturated carbocycles. The van der Waals surface area contributed by atoms with Crippen molar-refractivity contribution in [2.24, 2.45) is 0 Å². The number of ether oxygens (including phenoxy) is 1. The summed E-state index contributed by atoms with van der Waals surface area (Å²) in [6.45, 7) is 1.79. The lowest BCUT2D eigenvalue weighted by Gasteiger charge is -2.11. The van der Waals surface area contributed by atoms with Gasteiger partial charge in [0.05, 0.1) is 6.61 Å². The van der Waals surface area contributed by atoms with Gasteiger partial charge in [-0.15, -0.1) is 0 Å². The van der Waals surface area contributed by atoms with E-state index in [0.29, 0.717) is 6.61 Å². The first-order chi connectivity index (χ1) is 7.04. The van der Waals surface area contributed by atoms with Crippen LogP contribution < -0.4 is 10.2 Å². The van der Waals surface area contributed by atoms with E-state index >= 15 is 0 Å². The van der Waals surface area contributed by atoms with E-state index in [4.69, 9.17) is 21.4 Å². The molecule has 6 heteroatoms. The minimum absolute atomic E-state index is 0.0281. The van der Waals surface area contributed by atoms with E-state index in [1.54, 1.807) is 6.92 Å². The van der Waals surface area contributed by atoms with Gasteiger partial charge in [-0.2, -0.15) is 0 Å². The van der Waals surface area contributed by atoms with Crippen molar-refractivity contribution in [2.75, 3.05) is 6.61 Å². The lowest BCUT2D eigenvalue weighted by atomic mass is 10.4. The molecule has 0 aromatic carbocycles. The highest BCUT2D eigenvalue weighted by Gasteiger charge is 2.08. The minimum atomic E-state index is -1.03. The molecule has 0 atom stereocenters. The Balaban J connectivity index is 3.15. The summed E-state index contributed by atoms with van der Waals surface area (Å²) in [5, 5.41) is 8.59. The molecular formula is C9H10ClNO4. The monoisotopic (exact) mass is 231 g/mol. The standard InChI is InChI=1S/C9H10ClNO4/c1-2-15-8-3-7(12)6(10)4-11(8)5-9(13)14/h3-4H,2,5H2,1H3,(H,13,14). The van der Waals surface area contributed by atoms with Gasteiger partial charge in [-0.3, -0.25) is 9.59 Å². The SMILES string of the molecule is CCOc1cc(=O)c(Cl)cn1CC(=O)O. The molecule has 0 aliphatic carbocycles. The molecule has 5 nitrogen and oxygen atoms in total. The second-order valence-corrected chi connectivity index (χ2v) is 3.19. The Bertz CT molecular complexity index is 427. The number of carboxylic acids is 1. The Morgan fingerprint density at radius 1 is 1.67 bits per heavy atom.